The Kier molecular flexibility index (Phi) is 6.59. The lowest BCUT2D eigenvalue weighted by atomic mass is 9.81. The summed E-state index contributed by atoms with van der Waals surface area (Å²) in [4.78, 5) is 29.7. The van der Waals surface area contributed by atoms with Crippen LogP contribution in [0.25, 0.3) is 0 Å². The molecule has 6 rings (SSSR count). The molecule has 0 N–H and O–H groups in total. The van der Waals surface area contributed by atoms with E-state index in [-0.39, 0.29) is 34.7 Å². The average molecular weight is 608 g/mol. The minimum atomic E-state index is -3.77. The van der Waals surface area contributed by atoms with E-state index in [0.29, 0.717) is 5.57 Å². The fourth-order valence-corrected chi connectivity index (χ4v) is 8.16. The Hall–Kier alpha value is -3.43. The fraction of sp³-hybridized carbons (Fsp3) is 0.267. The number of amides is 2. The SMILES string of the molecule is Cc1ccc(S(=O)(=O)/C=C2\CN3C(=O)[C@@H](N4C(=O)OC[C@@H]4c4ccccc4)[C@H]3[C@H]2C(Br)c2ccccc2)cc1. The van der Waals surface area contributed by atoms with Crippen LogP contribution >= 0.6 is 15.9 Å². The van der Waals surface area contributed by atoms with E-state index in [0.717, 1.165) is 16.7 Å². The van der Waals surface area contributed by atoms with E-state index < -0.39 is 34.1 Å². The molecule has 0 radical (unpaired) electrons. The number of benzene rings is 3. The number of hydrogen-bond donors (Lipinski definition) is 0. The molecule has 3 aliphatic rings. The topological polar surface area (TPSA) is 84.0 Å². The molecule has 200 valence electrons. The lowest BCUT2D eigenvalue weighted by Gasteiger charge is -2.49. The van der Waals surface area contributed by atoms with Gasteiger partial charge in [-0.3, -0.25) is 9.69 Å². The molecule has 3 aromatic rings. The maximum atomic E-state index is 13.6. The molecule has 0 bridgehead atoms. The standard InChI is InChI=1S/C30H27BrN2O5S/c1-19-12-14-23(15-13-19)39(36,37)18-22-16-32-27(25(22)26(31)21-10-6-3-7-11-21)28(29(32)34)33-24(17-38-30(33)35)20-8-4-2-5-9-20/h2-15,18,24-28H,16-17H2,1H3/b22-18+/t24-,25-,26?,27-,28+/m1/s1. The van der Waals surface area contributed by atoms with Crippen molar-refractivity contribution in [2.45, 2.75) is 34.8 Å². The minimum Gasteiger partial charge on any atom is -0.447 e. The Morgan fingerprint density at radius 3 is 2.26 bits per heavy atom. The van der Waals surface area contributed by atoms with Gasteiger partial charge in [0, 0.05) is 22.7 Å². The number of cyclic esters (lactones) is 1. The summed E-state index contributed by atoms with van der Waals surface area (Å²) >= 11 is 3.85. The smallest absolute Gasteiger partial charge is 0.411 e. The molecule has 39 heavy (non-hydrogen) atoms. The van der Waals surface area contributed by atoms with Crippen LogP contribution in [0.15, 0.2) is 101 Å². The molecule has 0 spiro atoms. The molecule has 9 heteroatoms. The largest absolute Gasteiger partial charge is 0.447 e. The van der Waals surface area contributed by atoms with E-state index in [1.54, 1.807) is 34.1 Å². The van der Waals surface area contributed by atoms with Gasteiger partial charge in [0.25, 0.3) is 0 Å². The first-order valence-electron chi connectivity index (χ1n) is 12.8. The summed E-state index contributed by atoms with van der Waals surface area (Å²) in [5.41, 5.74) is 3.45. The van der Waals surface area contributed by atoms with Crippen LogP contribution in [0.4, 0.5) is 4.79 Å². The number of hydrogen-bond acceptors (Lipinski definition) is 5. The van der Waals surface area contributed by atoms with Gasteiger partial charge in [-0.15, -0.1) is 0 Å². The van der Waals surface area contributed by atoms with Crippen molar-refractivity contribution in [3.05, 3.63) is 113 Å². The number of alkyl halides is 1. The predicted octanol–water partition coefficient (Wildman–Crippen LogP) is 5.19. The highest BCUT2D eigenvalue weighted by molar-refractivity contribution is 9.09. The molecule has 2 amide bonds. The molecule has 3 saturated heterocycles. The number of β-lactam (4-membered cyclic amide) rings is 1. The summed E-state index contributed by atoms with van der Waals surface area (Å²) in [6, 6.07) is 24.4. The molecule has 3 aliphatic heterocycles. The van der Waals surface area contributed by atoms with E-state index in [1.807, 2.05) is 67.6 Å². The van der Waals surface area contributed by atoms with E-state index in [1.165, 1.54) is 5.41 Å². The summed E-state index contributed by atoms with van der Waals surface area (Å²) in [6.07, 6.45) is -0.531. The van der Waals surface area contributed by atoms with E-state index >= 15 is 0 Å². The van der Waals surface area contributed by atoms with Crippen LogP contribution in [-0.4, -0.2) is 55.5 Å². The molecule has 0 aromatic heterocycles. The zero-order valence-corrected chi connectivity index (χ0v) is 23.6. The van der Waals surface area contributed by atoms with Gasteiger partial charge in [0.2, 0.25) is 5.91 Å². The van der Waals surface area contributed by atoms with Crippen LogP contribution in [0.5, 0.6) is 0 Å². The molecule has 0 saturated carbocycles. The number of ether oxygens (including phenoxy) is 1. The molecule has 3 aromatic carbocycles. The van der Waals surface area contributed by atoms with Crippen LogP contribution in [0.3, 0.4) is 0 Å². The number of halogens is 1. The van der Waals surface area contributed by atoms with Crippen molar-refractivity contribution in [3.8, 4) is 0 Å². The quantitative estimate of drug-likeness (QED) is 0.285. The van der Waals surface area contributed by atoms with Crippen molar-refractivity contribution < 1.29 is 22.7 Å². The lowest BCUT2D eigenvalue weighted by Crippen LogP contribution is -2.70. The molecule has 5 atom stereocenters. The zero-order chi connectivity index (χ0) is 27.3. The van der Waals surface area contributed by atoms with Crippen molar-refractivity contribution in [1.82, 2.24) is 9.80 Å². The van der Waals surface area contributed by atoms with Crippen molar-refractivity contribution >= 4 is 37.8 Å². The van der Waals surface area contributed by atoms with Gasteiger partial charge in [-0.25, -0.2) is 13.2 Å². The second kappa shape index (κ2) is 9.95. The van der Waals surface area contributed by atoms with E-state index in [9.17, 15) is 18.0 Å². The Bertz CT molecular complexity index is 1540. The minimum absolute atomic E-state index is 0.158. The molecule has 3 heterocycles. The van der Waals surface area contributed by atoms with Gasteiger partial charge in [-0.1, -0.05) is 94.3 Å². The number of fused-ring (bicyclic) bond motifs is 1. The molecule has 1 unspecified atom stereocenters. The maximum Gasteiger partial charge on any atom is 0.411 e. The Balaban J connectivity index is 1.41. The number of rotatable bonds is 6. The number of carbonyl (C=O) groups is 2. The van der Waals surface area contributed by atoms with Gasteiger partial charge >= 0.3 is 6.09 Å². The molecule has 7 nitrogen and oxygen atoms in total. The van der Waals surface area contributed by atoms with Crippen molar-refractivity contribution in [2.75, 3.05) is 13.2 Å². The summed E-state index contributed by atoms with van der Waals surface area (Å²) in [6.45, 7) is 2.24. The second-order valence-corrected chi connectivity index (χ2v) is 13.0. The van der Waals surface area contributed by atoms with Crippen LogP contribution in [-0.2, 0) is 19.4 Å². The van der Waals surface area contributed by atoms with Gasteiger partial charge in [-0.05, 0) is 35.8 Å². The molecule has 0 aliphatic carbocycles. The first-order chi connectivity index (χ1) is 18.8. The number of sulfone groups is 1. The normalized spacial score (nSPS) is 26.4. The Morgan fingerprint density at radius 2 is 1.59 bits per heavy atom. The second-order valence-electron chi connectivity index (χ2n) is 10.2. The van der Waals surface area contributed by atoms with Gasteiger partial charge in [0.05, 0.1) is 17.0 Å². The van der Waals surface area contributed by atoms with Crippen LogP contribution < -0.4 is 0 Å². The first-order valence-corrected chi connectivity index (χ1v) is 15.2. The first kappa shape index (κ1) is 25.8. The van der Waals surface area contributed by atoms with Crippen LogP contribution in [0.2, 0.25) is 0 Å². The number of aryl methyl sites for hydroxylation is 1. The lowest BCUT2D eigenvalue weighted by molar-refractivity contribution is -0.155. The molecular formula is C30H27BrN2O5S. The van der Waals surface area contributed by atoms with Gasteiger partial charge < -0.3 is 9.64 Å². The highest BCUT2D eigenvalue weighted by Gasteiger charge is 2.63. The van der Waals surface area contributed by atoms with E-state index in [2.05, 4.69) is 15.9 Å². The fourth-order valence-electron chi connectivity index (χ4n) is 5.92. The maximum absolute atomic E-state index is 13.6. The Morgan fingerprint density at radius 1 is 0.949 bits per heavy atom. The average Bonchev–Trinajstić information content (AvgIpc) is 3.47. The highest BCUT2D eigenvalue weighted by Crippen LogP contribution is 2.51. The van der Waals surface area contributed by atoms with Crippen LogP contribution in [0.1, 0.15) is 27.6 Å². The summed E-state index contributed by atoms with van der Waals surface area (Å²) in [5.74, 6) is -0.575. The zero-order valence-electron chi connectivity index (χ0n) is 21.2. The highest BCUT2D eigenvalue weighted by atomic mass is 79.9. The van der Waals surface area contributed by atoms with Crippen molar-refractivity contribution in [2.24, 2.45) is 5.92 Å². The van der Waals surface area contributed by atoms with Crippen molar-refractivity contribution in [1.29, 1.82) is 0 Å². The molecular weight excluding hydrogens is 580 g/mol. The third kappa shape index (κ3) is 4.47. The van der Waals surface area contributed by atoms with Crippen molar-refractivity contribution in [3.63, 3.8) is 0 Å². The summed E-state index contributed by atoms with van der Waals surface area (Å²) in [5, 5.41) is 1.32. The Labute approximate surface area is 236 Å². The monoisotopic (exact) mass is 606 g/mol. The third-order valence-electron chi connectivity index (χ3n) is 7.85. The van der Waals surface area contributed by atoms with Gasteiger partial charge in [0.1, 0.15) is 12.6 Å². The van der Waals surface area contributed by atoms with Gasteiger partial charge in [-0.2, -0.15) is 0 Å². The number of nitrogens with zero attached hydrogens (tertiary/aromatic N) is 2. The predicted molar refractivity (Wildman–Crippen MR) is 150 cm³/mol. The molecule has 3 fully saturated rings. The summed E-state index contributed by atoms with van der Waals surface area (Å²) in [7, 11) is -3.77. The van der Waals surface area contributed by atoms with Gasteiger partial charge in [0.15, 0.2) is 9.84 Å². The summed E-state index contributed by atoms with van der Waals surface area (Å²) < 4.78 is 32.4. The van der Waals surface area contributed by atoms with E-state index in [4.69, 9.17) is 4.74 Å². The van der Waals surface area contributed by atoms with Crippen LogP contribution in [0, 0.1) is 12.8 Å². The third-order valence-corrected chi connectivity index (χ3v) is 10.5. The number of carbonyl (C=O) groups excluding carboxylic acids is 2.